The molecule has 0 amide bonds. The van der Waals surface area contributed by atoms with Crippen LogP contribution in [-0.4, -0.2) is 20.3 Å². The van der Waals surface area contributed by atoms with Crippen LogP contribution in [-0.2, 0) is 10.0 Å². The molecule has 0 spiro atoms. The van der Waals surface area contributed by atoms with Crippen LogP contribution in [0.5, 0.6) is 0 Å². The molecule has 0 aliphatic rings. The summed E-state index contributed by atoms with van der Waals surface area (Å²) in [6.07, 6.45) is -6.29. The Hall–Kier alpha value is -1.82. The Kier molecular flexibility index (Phi) is 4.94. The van der Waals surface area contributed by atoms with Gasteiger partial charge in [0.15, 0.2) is 0 Å². The quantitative estimate of drug-likeness (QED) is 0.850. The third-order valence-electron chi connectivity index (χ3n) is 2.26. The lowest BCUT2D eigenvalue weighted by Crippen LogP contribution is -2.19. The number of nitrogens with zero attached hydrogens (tertiary/aromatic N) is 1. The Labute approximate surface area is 113 Å². The van der Waals surface area contributed by atoms with Gasteiger partial charge in [0.1, 0.15) is 17.4 Å². The highest BCUT2D eigenvalue weighted by molar-refractivity contribution is 7.92. The Balaban J connectivity index is 2.78. The summed E-state index contributed by atoms with van der Waals surface area (Å²) in [5, 5.41) is 8.71. The number of benzene rings is 1. The number of hydrogen-bond acceptors (Lipinski definition) is 3. The van der Waals surface area contributed by atoms with E-state index in [4.69, 9.17) is 5.26 Å². The Morgan fingerprint density at radius 2 is 1.95 bits per heavy atom. The summed E-state index contributed by atoms with van der Waals surface area (Å²) in [6.45, 7) is 0. The lowest BCUT2D eigenvalue weighted by Gasteiger charge is -2.10. The molecular weight excluding hydrogens is 300 g/mol. The van der Waals surface area contributed by atoms with Crippen molar-refractivity contribution in [2.45, 2.75) is 19.0 Å². The third-order valence-corrected chi connectivity index (χ3v) is 3.62. The molecule has 1 N–H and O–H groups in total. The highest BCUT2D eigenvalue weighted by atomic mass is 32.2. The van der Waals surface area contributed by atoms with Gasteiger partial charge >= 0.3 is 6.18 Å². The van der Waals surface area contributed by atoms with Crippen molar-refractivity contribution in [2.24, 2.45) is 0 Å². The minimum atomic E-state index is -4.44. The van der Waals surface area contributed by atoms with E-state index >= 15 is 0 Å². The van der Waals surface area contributed by atoms with Crippen molar-refractivity contribution in [2.75, 3.05) is 10.5 Å². The average Bonchev–Trinajstić information content (AvgIpc) is 2.26. The van der Waals surface area contributed by atoms with Crippen molar-refractivity contribution in [3.63, 3.8) is 0 Å². The molecule has 9 heteroatoms. The monoisotopic (exact) mass is 310 g/mol. The number of sulfonamides is 1. The summed E-state index contributed by atoms with van der Waals surface area (Å²) >= 11 is 0. The molecule has 0 aliphatic carbocycles. The molecule has 4 nitrogen and oxygen atoms in total. The van der Waals surface area contributed by atoms with E-state index < -0.39 is 46.2 Å². The third kappa shape index (κ3) is 5.05. The molecule has 1 aromatic carbocycles. The zero-order valence-electron chi connectivity index (χ0n) is 10.0. The van der Waals surface area contributed by atoms with Crippen LogP contribution in [0.15, 0.2) is 18.2 Å². The van der Waals surface area contributed by atoms with Crippen LogP contribution in [0.3, 0.4) is 0 Å². The molecule has 0 radical (unpaired) electrons. The summed E-state index contributed by atoms with van der Waals surface area (Å²) in [7, 11) is -4.07. The Bertz CT molecular complexity index is 620. The van der Waals surface area contributed by atoms with Gasteiger partial charge in [0.2, 0.25) is 10.0 Å². The van der Waals surface area contributed by atoms with Gasteiger partial charge < -0.3 is 0 Å². The van der Waals surface area contributed by atoms with Crippen molar-refractivity contribution >= 4 is 15.7 Å². The van der Waals surface area contributed by atoms with Crippen LogP contribution in [0.2, 0.25) is 0 Å². The summed E-state index contributed by atoms with van der Waals surface area (Å²) < 4.78 is 74.0. The first kappa shape index (κ1) is 16.2. The van der Waals surface area contributed by atoms with E-state index in [-0.39, 0.29) is 5.69 Å². The maximum absolute atomic E-state index is 13.2. The van der Waals surface area contributed by atoms with Gasteiger partial charge in [-0.2, -0.15) is 18.4 Å². The van der Waals surface area contributed by atoms with Crippen molar-refractivity contribution in [1.82, 2.24) is 0 Å². The normalized spacial score (nSPS) is 11.9. The second kappa shape index (κ2) is 6.09. The van der Waals surface area contributed by atoms with Crippen molar-refractivity contribution in [1.29, 1.82) is 5.26 Å². The lowest BCUT2D eigenvalue weighted by atomic mass is 10.2. The Morgan fingerprint density at radius 1 is 1.30 bits per heavy atom. The average molecular weight is 310 g/mol. The van der Waals surface area contributed by atoms with Gasteiger partial charge in [0.25, 0.3) is 0 Å². The fourth-order valence-electron chi connectivity index (χ4n) is 1.40. The summed E-state index contributed by atoms with van der Waals surface area (Å²) in [4.78, 5) is 0. The van der Waals surface area contributed by atoms with Crippen LogP contribution >= 0.6 is 0 Å². The highest BCUT2D eigenvalue weighted by Crippen LogP contribution is 2.23. The first-order chi connectivity index (χ1) is 9.14. The van der Waals surface area contributed by atoms with Crippen molar-refractivity contribution < 1.29 is 26.0 Å². The van der Waals surface area contributed by atoms with Gasteiger partial charge in [0.05, 0.1) is 11.4 Å². The van der Waals surface area contributed by atoms with E-state index in [0.29, 0.717) is 0 Å². The van der Waals surface area contributed by atoms with E-state index in [1.807, 2.05) is 4.72 Å². The van der Waals surface area contributed by atoms with Gasteiger partial charge in [0, 0.05) is 6.42 Å². The SMILES string of the molecule is N#Cc1c(F)cccc1NS(=O)(=O)CCCC(F)(F)F. The maximum atomic E-state index is 13.2. The summed E-state index contributed by atoms with van der Waals surface area (Å²) in [5.41, 5.74) is -0.800. The minimum absolute atomic E-state index is 0.292. The second-order valence-corrected chi connectivity index (χ2v) is 5.76. The topological polar surface area (TPSA) is 70.0 Å². The molecule has 0 heterocycles. The Morgan fingerprint density at radius 3 is 2.50 bits per heavy atom. The van der Waals surface area contributed by atoms with Crippen LogP contribution in [0.25, 0.3) is 0 Å². The number of nitriles is 1. The van der Waals surface area contributed by atoms with Crippen LogP contribution in [0, 0.1) is 17.1 Å². The fourth-order valence-corrected chi connectivity index (χ4v) is 2.54. The molecule has 0 atom stereocenters. The number of halogens is 4. The number of hydrogen-bond donors (Lipinski definition) is 1. The molecule has 0 aromatic heterocycles. The first-order valence-corrected chi connectivity index (χ1v) is 7.06. The van der Waals surface area contributed by atoms with E-state index in [1.165, 1.54) is 12.1 Å². The first-order valence-electron chi connectivity index (χ1n) is 5.40. The van der Waals surface area contributed by atoms with Gasteiger partial charge in [-0.15, -0.1) is 0 Å². The summed E-state index contributed by atoms with van der Waals surface area (Å²) in [5.74, 6) is -1.68. The van der Waals surface area contributed by atoms with Gasteiger partial charge in [-0.1, -0.05) is 6.07 Å². The minimum Gasteiger partial charge on any atom is -0.282 e. The number of nitrogens with one attached hydrogen (secondary N) is 1. The van der Waals surface area contributed by atoms with E-state index in [0.717, 1.165) is 12.1 Å². The molecule has 20 heavy (non-hydrogen) atoms. The molecule has 0 bridgehead atoms. The molecule has 0 fully saturated rings. The molecule has 0 saturated heterocycles. The van der Waals surface area contributed by atoms with Crippen LogP contribution < -0.4 is 4.72 Å². The zero-order chi connectivity index (χ0) is 15.4. The van der Waals surface area contributed by atoms with Crippen LogP contribution in [0.4, 0.5) is 23.2 Å². The zero-order valence-corrected chi connectivity index (χ0v) is 10.9. The smallest absolute Gasteiger partial charge is 0.282 e. The van der Waals surface area contributed by atoms with E-state index in [1.54, 1.807) is 0 Å². The molecule has 0 aliphatic heterocycles. The number of alkyl halides is 3. The summed E-state index contributed by atoms with van der Waals surface area (Å²) in [6, 6.07) is 4.80. The second-order valence-electron chi connectivity index (χ2n) is 3.91. The van der Waals surface area contributed by atoms with Gasteiger partial charge in [-0.3, -0.25) is 4.72 Å². The highest BCUT2D eigenvalue weighted by Gasteiger charge is 2.27. The fraction of sp³-hybridized carbons (Fsp3) is 0.364. The van der Waals surface area contributed by atoms with Gasteiger partial charge in [-0.05, 0) is 18.6 Å². The predicted molar refractivity (Wildman–Crippen MR) is 63.8 cm³/mol. The van der Waals surface area contributed by atoms with Crippen molar-refractivity contribution in [3.05, 3.63) is 29.6 Å². The standard InChI is InChI=1S/C11H10F4N2O2S/c12-9-3-1-4-10(8(9)7-16)17-20(18,19)6-2-5-11(13,14)15/h1,3-4,17H,2,5-6H2. The number of rotatable bonds is 5. The molecule has 1 aromatic rings. The van der Waals surface area contributed by atoms with Crippen LogP contribution in [0.1, 0.15) is 18.4 Å². The number of anilines is 1. The molecule has 0 saturated carbocycles. The predicted octanol–water partition coefficient (Wildman–Crippen LogP) is 2.78. The lowest BCUT2D eigenvalue weighted by molar-refractivity contribution is -0.134. The molecule has 110 valence electrons. The van der Waals surface area contributed by atoms with E-state index in [2.05, 4.69) is 0 Å². The molecule has 1 rings (SSSR count). The maximum Gasteiger partial charge on any atom is 0.389 e. The van der Waals surface area contributed by atoms with Crippen molar-refractivity contribution in [3.8, 4) is 6.07 Å². The van der Waals surface area contributed by atoms with Gasteiger partial charge in [-0.25, -0.2) is 12.8 Å². The van der Waals surface area contributed by atoms with E-state index in [9.17, 15) is 26.0 Å². The molecular formula is C11H10F4N2O2S. The largest absolute Gasteiger partial charge is 0.389 e. The molecule has 0 unspecified atom stereocenters.